The molecule has 9 nitrogen and oxygen atoms in total. The summed E-state index contributed by atoms with van der Waals surface area (Å²) in [6.07, 6.45) is -0.429. The van der Waals surface area contributed by atoms with Crippen molar-refractivity contribution in [2.24, 2.45) is 0 Å². The van der Waals surface area contributed by atoms with Crippen LogP contribution in [0.4, 0.5) is 14.9 Å². The predicted octanol–water partition coefficient (Wildman–Crippen LogP) is 1.33. The van der Waals surface area contributed by atoms with Crippen molar-refractivity contribution in [1.29, 1.82) is 0 Å². The van der Waals surface area contributed by atoms with Crippen molar-refractivity contribution in [2.45, 2.75) is 12.3 Å². The molecule has 2 aromatic carbocycles. The van der Waals surface area contributed by atoms with E-state index in [1.807, 2.05) is 0 Å². The summed E-state index contributed by atoms with van der Waals surface area (Å²) in [5, 5.41) is 19.7. The predicted molar refractivity (Wildman–Crippen MR) is 96.9 cm³/mol. The second-order valence-electron chi connectivity index (χ2n) is 6.79. The number of carbonyl (C=O) groups is 2. The van der Waals surface area contributed by atoms with Crippen LogP contribution in [0.15, 0.2) is 24.3 Å². The lowest BCUT2D eigenvalue weighted by Gasteiger charge is -2.19. The molecule has 0 aromatic heterocycles. The second-order valence-corrected chi connectivity index (χ2v) is 8.38. The van der Waals surface area contributed by atoms with Crippen molar-refractivity contribution in [3.8, 4) is 5.75 Å². The molecule has 1 unspecified atom stereocenters. The van der Waals surface area contributed by atoms with Gasteiger partial charge in [-0.25, -0.2) is 18.2 Å². The van der Waals surface area contributed by atoms with Crippen LogP contribution in [0, 0.1) is 5.82 Å². The fraction of sp³-hybridized carbons (Fsp3) is 0.294. The van der Waals surface area contributed by atoms with Crippen LogP contribution in [0.5, 0.6) is 5.75 Å². The number of phenols is 1. The SMILES string of the molecule is O=C1CN(c2c(O)cc3ccc(C4CCN(C(=O)O)C4)cc3c2F)S(=O)(=O)N1. The maximum Gasteiger partial charge on any atom is 0.407 e. The quantitative estimate of drug-likeness (QED) is 0.687. The fourth-order valence-electron chi connectivity index (χ4n) is 3.69. The lowest BCUT2D eigenvalue weighted by molar-refractivity contribution is -0.117. The molecule has 2 saturated heterocycles. The Morgan fingerprint density at radius 3 is 2.64 bits per heavy atom. The summed E-state index contributed by atoms with van der Waals surface area (Å²) in [4.78, 5) is 23.8. The van der Waals surface area contributed by atoms with Crippen molar-refractivity contribution in [1.82, 2.24) is 9.62 Å². The highest BCUT2D eigenvalue weighted by atomic mass is 32.2. The van der Waals surface area contributed by atoms with Gasteiger partial charge in [0.2, 0.25) is 0 Å². The third-order valence-electron chi connectivity index (χ3n) is 5.06. The first-order chi connectivity index (χ1) is 13.2. The zero-order valence-electron chi connectivity index (χ0n) is 14.4. The first-order valence-corrected chi connectivity index (χ1v) is 9.87. The number of halogens is 1. The molecule has 11 heteroatoms. The monoisotopic (exact) mass is 409 g/mol. The highest BCUT2D eigenvalue weighted by Crippen LogP contribution is 2.39. The molecule has 0 bridgehead atoms. The van der Waals surface area contributed by atoms with Gasteiger partial charge in [0, 0.05) is 24.4 Å². The average molecular weight is 409 g/mol. The van der Waals surface area contributed by atoms with Gasteiger partial charge in [-0.2, -0.15) is 8.42 Å². The molecule has 0 radical (unpaired) electrons. The van der Waals surface area contributed by atoms with E-state index in [1.54, 1.807) is 16.9 Å². The number of rotatable bonds is 2. The van der Waals surface area contributed by atoms with E-state index in [2.05, 4.69) is 0 Å². The Labute approximate surface area is 159 Å². The zero-order valence-corrected chi connectivity index (χ0v) is 15.2. The topological polar surface area (TPSA) is 127 Å². The zero-order chi connectivity index (χ0) is 20.2. The summed E-state index contributed by atoms with van der Waals surface area (Å²) in [5.41, 5.74) is 0.117. The van der Waals surface area contributed by atoms with Crippen molar-refractivity contribution < 1.29 is 32.6 Å². The summed E-state index contributed by atoms with van der Waals surface area (Å²) in [5.74, 6) is -2.51. The van der Waals surface area contributed by atoms with Crippen LogP contribution in [0.2, 0.25) is 0 Å². The van der Waals surface area contributed by atoms with Crippen molar-refractivity contribution in [3.63, 3.8) is 0 Å². The average Bonchev–Trinajstić information content (AvgIpc) is 3.19. The lowest BCUT2D eigenvalue weighted by atomic mass is 9.95. The van der Waals surface area contributed by atoms with Gasteiger partial charge in [-0.15, -0.1) is 0 Å². The van der Waals surface area contributed by atoms with Gasteiger partial charge in [0.1, 0.15) is 18.0 Å². The first kappa shape index (κ1) is 18.3. The van der Waals surface area contributed by atoms with Gasteiger partial charge in [0.05, 0.1) is 0 Å². The molecule has 0 aliphatic carbocycles. The number of nitrogens with zero attached hydrogens (tertiary/aromatic N) is 2. The van der Waals surface area contributed by atoms with Crippen LogP contribution in [0.25, 0.3) is 10.8 Å². The molecule has 2 aliphatic heterocycles. The van der Waals surface area contributed by atoms with Gasteiger partial charge in [0.15, 0.2) is 5.82 Å². The number of aromatic hydroxyl groups is 1. The normalized spacial score (nSPS) is 21.3. The van der Waals surface area contributed by atoms with E-state index in [1.165, 1.54) is 17.0 Å². The molecule has 28 heavy (non-hydrogen) atoms. The molecule has 2 amide bonds. The van der Waals surface area contributed by atoms with Crippen molar-refractivity contribution in [2.75, 3.05) is 23.9 Å². The van der Waals surface area contributed by atoms with Gasteiger partial charge in [-0.3, -0.25) is 4.79 Å². The second kappa shape index (κ2) is 6.23. The van der Waals surface area contributed by atoms with Crippen LogP contribution in [-0.4, -0.2) is 55.2 Å². The maximum absolute atomic E-state index is 15.2. The number of anilines is 1. The Balaban J connectivity index is 1.79. The standard InChI is InChI=1S/C17H16FN3O6S/c18-15-12-5-9(11-3-4-20(7-11)17(24)25)1-2-10(12)6-13(22)16(15)21-8-14(23)19-28(21,26)27/h1-2,5-6,11,22H,3-4,7-8H2,(H,19,23)(H,24,25). The molecule has 0 spiro atoms. The molecule has 2 heterocycles. The molecule has 1 atom stereocenters. The maximum atomic E-state index is 15.2. The summed E-state index contributed by atoms with van der Waals surface area (Å²) in [6.45, 7) is 0.0294. The highest BCUT2D eigenvalue weighted by molar-refractivity contribution is 7.92. The number of fused-ring (bicyclic) bond motifs is 1. The smallest absolute Gasteiger partial charge is 0.407 e. The Kier molecular flexibility index (Phi) is 4.07. The fourth-order valence-corrected chi connectivity index (χ4v) is 4.85. The third-order valence-corrected chi connectivity index (χ3v) is 6.43. The number of carbonyl (C=O) groups excluding carboxylic acids is 1. The molecule has 0 saturated carbocycles. The minimum atomic E-state index is -4.28. The summed E-state index contributed by atoms with van der Waals surface area (Å²) < 4.78 is 41.5. The number of hydrogen-bond donors (Lipinski definition) is 3. The number of hydrogen-bond acceptors (Lipinski definition) is 5. The van der Waals surface area contributed by atoms with E-state index in [9.17, 15) is 23.1 Å². The van der Waals surface area contributed by atoms with Gasteiger partial charge >= 0.3 is 16.3 Å². The van der Waals surface area contributed by atoms with Crippen molar-refractivity contribution >= 4 is 38.7 Å². The van der Waals surface area contributed by atoms with E-state index in [4.69, 9.17) is 5.11 Å². The first-order valence-electron chi connectivity index (χ1n) is 8.43. The van der Waals surface area contributed by atoms with Gasteiger partial charge < -0.3 is 15.1 Å². The molecule has 2 aromatic rings. The van der Waals surface area contributed by atoms with E-state index in [0.29, 0.717) is 28.2 Å². The highest BCUT2D eigenvalue weighted by Gasteiger charge is 2.38. The molecule has 3 N–H and O–H groups in total. The number of likely N-dealkylation sites (tertiary alicyclic amines) is 1. The van der Waals surface area contributed by atoms with Crippen LogP contribution in [-0.2, 0) is 15.0 Å². The Morgan fingerprint density at radius 2 is 2.04 bits per heavy atom. The van der Waals surface area contributed by atoms with Crippen LogP contribution in [0.3, 0.4) is 0 Å². The molecule has 148 valence electrons. The number of benzene rings is 2. The minimum absolute atomic E-state index is 0.0774. The lowest BCUT2D eigenvalue weighted by Crippen LogP contribution is -2.30. The van der Waals surface area contributed by atoms with Gasteiger partial charge in [-0.1, -0.05) is 12.1 Å². The van der Waals surface area contributed by atoms with E-state index in [0.717, 1.165) is 0 Å². The molecular weight excluding hydrogens is 393 g/mol. The molecule has 2 aliphatic rings. The minimum Gasteiger partial charge on any atom is -0.506 e. The Bertz CT molecular complexity index is 1120. The van der Waals surface area contributed by atoms with Crippen LogP contribution < -0.4 is 9.03 Å². The van der Waals surface area contributed by atoms with E-state index < -0.39 is 46.0 Å². The van der Waals surface area contributed by atoms with Gasteiger partial charge in [0.25, 0.3) is 5.91 Å². The number of amides is 2. The number of carboxylic acid groups (broad SMARTS) is 1. The molecule has 2 fully saturated rings. The largest absolute Gasteiger partial charge is 0.506 e. The van der Waals surface area contributed by atoms with Gasteiger partial charge in [-0.05, 0) is 29.5 Å². The Morgan fingerprint density at radius 1 is 1.29 bits per heavy atom. The number of phenolic OH excluding ortho intramolecular Hbond substituents is 1. The van der Waals surface area contributed by atoms with Crippen molar-refractivity contribution in [3.05, 3.63) is 35.6 Å². The summed E-state index contributed by atoms with van der Waals surface area (Å²) in [7, 11) is -4.28. The van der Waals surface area contributed by atoms with E-state index in [-0.39, 0.29) is 17.8 Å². The third kappa shape index (κ3) is 2.87. The summed E-state index contributed by atoms with van der Waals surface area (Å²) >= 11 is 0. The summed E-state index contributed by atoms with van der Waals surface area (Å²) in [6, 6.07) is 6.08. The molecular formula is C17H16FN3O6S. The van der Waals surface area contributed by atoms with E-state index >= 15 is 4.39 Å². The number of nitrogens with one attached hydrogen (secondary N) is 1. The Hall–Kier alpha value is -3.08. The van der Waals surface area contributed by atoms with Crippen LogP contribution in [0.1, 0.15) is 17.9 Å². The molecule has 4 rings (SSSR count). The van der Waals surface area contributed by atoms with Crippen LogP contribution >= 0.6 is 0 Å².